The Morgan fingerprint density at radius 3 is 2.94 bits per heavy atom. The summed E-state index contributed by atoms with van der Waals surface area (Å²) in [5, 5.41) is 0. The number of carbonyl (C=O) groups is 1. The van der Waals surface area contributed by atoms with Crippen molar-refractivity contribution in [3.8, 4) is 5.75 Å². The number of hydrogen-bond donors (Lipinski definition) is 0. The first-order chi connectivity index (χ1) is 8.24. The molecule has 3 nitrogen and oxygen atoms in total. The minimum absolute atomic E-state index is 0.0885. The predicted octanol–water partition coefficient (Wildman–Crippen LogP) is 2.82. The number of nitrogens with zero attached hydrogens (tertiary/aromatic N) is 1. The van der Waals surface area contributed by atoms with E-state index in [1.165, 1.54) is 19.3 Å². The second-order valence-electron chi connectivity index (χ2n) is 4.70. The molecule has 0 radical (unpaired) electrons. The van der Waals surface area contributed by atoms with E-state index >= 15 is 0 Å². The number of hydrogen-bond acceptors (Lipinski definition) is 2. The van der Waals surface area contributed by atoms with Crippen LogP contribution >= 0.6 is 22.6 Å². The lowest BCUT2D eigenvalue weighted by atomic mass is 9.85. The summed E-state index contributed by atoms with van der Waals surface area (Å²) in [5.74, 6) is 1.62. The van der Waals surface area contributed by atoms with Gasteiger partial charge in [-0.15, -0.1) is 0 Å². The molecule has 0 atom stereocenters. The molecule has 1 aliphatic heterocycles. The van der Waals surface area contributed by atoms with Gasteiger partial charge in [0.2, 0.25) is 0 Å². The highest BCUT2D eigenvalue weighted by Gasteiger charge is 2.29. The minimum atomic E-state index is 0.0885. The first kappa shape index (κ1) is 11.3. The second-order valence-corrected chi connectivity index (χ2v) is 5.95. The van der Waals surface area contributed by atoms with Gasteiger partial charge in [-0.1, -0.05) is 6.42 Å². The number of fused-ring (bicyclic) bond motifs is 1. The summed E-state index contributed by atoms with van der Waals surface area (Å²) >= 11 is 2.26. The van der Waals surface area contributed by atoms with Crippen LogP contribution in [-0.4, -0.2) is 19.1 Å². The average molecular weight is 343 g/mol. The molecular formula is C13H14INO2. The van der Waals surface area contributed by atoms with Crippen molar-refractivity contribution in [1.29, 1.82) is 0 Å². The fourth-order valence-electron chi connectivity index (χ4n) is 2.31. The van der Waals surface area contributed by atoms with Crippen LogP contribution in [0.25, 0.3) is 0 Å². The van der Waals surface area contributed by atoms with Crippen LogP contribution in [0.5, 0.6) is 5.75 Å². The Morgan fingerprint density at radius 1 is 1.41 bits per heavy atom. The first-order valence-electron chi connectivity index (χ1n) is 5.97. The highest BCUT2D eigenvalue weighted by atomic mass is 127. The lowest BCUT2D eigenvalue weighted by molar-refractivity contribution is -0.121. The molecule has 1 saturated carbocycles. The maximum absolute atomic E-state index is 11.9. The van der Waals surface area contributed by atoms with Crippen LogP contribution in [0.3, 0.4) is 0 Å². The van der Waals surface area contributed by atoms with Crippen LogP contribution < -0.4 is 9.64 Å². The Labute approximate surface area is 114 Å². The Kier molecular flexibility index (Phi) is 2.98. The molecule has 17 heavy (non-hydrogen) atoms. The smallest absolute Gasteiger partial charge is 0.265 e. The minimum Gasteiger partial charge on any atom is -0.482 e. The van der Waals surface area contributed by atoms with Crippen molar-refractivity contribution in [1.82, 2.24) is 0 Å². The molecule has 3 rings (SSSR count). The molecule has 0 aromatic heterocycles. The molecule has 0 bridgehead atoms. The Balaban J connectivity index is 1.89. The summed E-state index contributed by atoms with van der Waals surface area (Å²) < 4.78 is 6.62. The monoisotopic (exact) mass is 343 g/mol. The summed E-state index contributed by atoms with van der Waals surface area (Å²) in [6.45, 7) is 1.04. The van der Waals surface area contributed by atoms with Crippen molar-refractivity contribution < 1.29 is 9.53 Å². The largest absolute Gasteiger partial charge is 0.482 e. The third-order valence-electron chi connectivity index (χ3n) is 3.53. The topological polar surface area (TPSA) is 29.5 Å². The number of amides is 1. The van der Waals surface area contributed by atoms with E-state index in [2.05, 4.69) is 22.6 Å². The zero-order chi connectivity index (χ0) is 11.8. The van der Waals surface area contributed by atoms with Crippen LogP contribution in [0.2, 0.25) is 0 Å². The molecule has 1 amide bonds. The molecule has 1 aliphatic carbocycles. The lowest BCUT2D eigenvalue weighted by Crippen LogP contribution is -2.42. The van der Waals surface area contributed by atoms with Crippen LogP contribution in [0, 0.1) is 9.49 Å². The molecule has 0 N–H and O–H groups in total. The summed E-state index contributed by atoms with van der Waals surface area (Å²) in [5.41, 5.74) is 0.938. The summed E-state index contributed by atoms with van der Waals surface area (Å²) in [6, 6.07) is 6.01. The summed E-state index contributed by atoms with van der Waals surface area (Å²) in [7, 11) is 0. The zero-order valence-corrected chi connectivity index (χ0v) is 11.6. The van der Waals surface area contributed by atoms with E-state index in [-0.39, 0.29) is 12.5 Å². The summed E-state index contributed by atoms with van der Waals surface area (Å²) in [6.07, 6.45) is 3.82. The molecular weight excluding hydrogens is 329 g/mol. The molecule has 1 aromatic rings. The van der Waals surface area contributed by atoms with E-state index in [9.17, 15) is 4.79 Å². The van der Waals surface area contributed by atoms with Gasteiger partial charge in [0, 0.05) is 10.1 Å². The molecule has 0 spiro atoms. The Morgan fingerprint density at radius 2 is 2.24 bits per heavy atom. The van der Waals surface area contributed by atoms with E-state index < -0.39 is 0 Å². The standard InChI is InChI=1S/C13H14INO2/c14-10-4-5-11-12(6-10)17-8-13(16)15(11)7-9-2-1-3-9/h4-6,9H,1-3,7-8H2. The van der Waals surface area contributed by atoms with Crippen molar-refractivity contribution in [3.05, 3.63) is 21.8 Å². The third kappa shape index (κ3) is 2.14. The van der Waals surface area contributed by atoms with E-state index in [0.717, 1.165) is 21.6 Å². The van der Waals surface area contributed by atoms with Gasteiger partial charge in [0.15, 0.2) is 6.61 Å². The van der Waals surface area contributed by atoms with Gasteiger partial charge in [0.05, 0.1) is 5.69 Å². The van der Waals surface area contributed by atoms with Gasteiger partial charge in [0.1, 0.15) is 5.75 Å². The van der Waals surface area contributed by atoms with Crippen molar-refractivity contribution in [2.75, 3.05) is 18.1 Å². The van der Waals surface area contributed by atoms with Crippen molar-refractivity contribution in [2.45, 2.75) is 19.3 Å². The normalized spacial score (nSPS) is 19.6. The van der Waals surface area contributed by atoms with Gasteiger partial charge in [0.25, 0.3) is 5.91 Å². The number of carbonyl (C=O) groups excluding carboxylic acids is 1. The Bertz CT molecular complexity index is 457. The highest BCUT2D eigenvalue weighted by Crippen LogP contribution is 2.36. The molecule has 2 aliphatic rings. The molecule has 1 aromatic carbocycles. The predicted molar refractivity (Wildman–Crippen MR) is 74.3 cm³/mol. The molecule has 0 saturated heterocycles. The fourth-order valence-corrected chi connectivity index (χ4v) is 2.77. The second kappa shape index (κ2) is 4.48. The van der Waals surface area contributed by atoms with Gasteiger partial charge in [-0.2, -0.15) is 0 Å². The fraction of sp³-hybridized carbons (Fsp3) is 0.462. The quantitative estimate of drug-likeness (QED) is 0.773. The van der Waals surface area contributed by atoms with Gasteiger partial charge in [-0.05, 0) is 59.5 Å². The highest BCUT2D eigenvalue weighted by molar-refractivity contribution is 14.1. The van der Waals surface area contributed by atoms with Gasteiger partial charge in [-0.3, -0.25) is 4.79 Å². The van der Waals surface area contributed by atoms with Crippen molar-refractivity contribution in [3.63, 3.8) is 0 Å². The van der Waals surface area contributed by atoms with E-state index in [4.69, 9.17) is 4.74 Å². The molecule has 90 valence electrons. The lowest BCUT2D eigenvalue weighted by Gasteiger charge is -2.35. The van der Waals surface area contributed by atoms with E-state index in [1.54, 1.807) is 0 Å². The average Bonchev–Trinajstić information content (AvgIpc) is 2.25. The zero-order valence-electron chi connectivity index (χ0n) is 9.49. The van der Waals surface area contributed by atoms with Crippen molar-refractivity contribution >= 4 is 34.2 Å². The van der Waals surface area contributed by atoms with E-state index in [0.29, 0.717) is 5.92 Å². The number of anilines is 1. The van der Waals surface area contributed by atoms with Gasteiger partial charge >= 0.3 is 0 Å². The SMILES string of the molecule is O=C1COc2cc(I)ccc2N1CC1CCC1. The van der Waals surface area contributed by atoms with Crippen LogP contribution in [0.4, 0.5) is 5.69 Å². The number of rotatable bonds is 2. The van der Waals surface area contributed by atoms with Crippen LogP contribution in [-0.2, 0) is 4.79 Å². The summed E-state index contributed by atoms with van der Waals surface area (Å²) in [4.78, 5) is 13.8. The maximum atomic E-state index is 11.9. The molecule has 4 heteroatoms. The molecule has 1 fully saturated rings. The van der Waals surface area contributed by atoms with Gasteiger partial charge < -0.3 is 9.64 Å². The molecule has 1 heterocycles. The van der Waals surface area contributed by atoms with Gasteiger partial charge in [-0.25, -0.2) is 0 Å². The third-order valence-corrected chi connectivity index (χ3v) is 4.20. The van der Waals surface area contributed by atoms with E-state index in [1.807, 2.05) is 23.1 Å². The van der Waals surface area contributed by atoms with Crippen molar-refractivity contribution in [2.24, 2.45) is 5.92 Å². The molecule has 0 unspecified atom stereocenters. The number of halogens is 1. The number of ether oxygens (including phenoxy) is 1. The van der Waals surface area contributed by atoms with Crippen LogP contribution in [0.15, 0.2) is 18.2 Å². The Hall–Kier alpha value is -0.780. The first-order valence-corrected chi connectivity index (χ1v) is 7.04. The number of benzene rings is 1. The van der Waals surface area contributed by atoms with Crippen LogP contribution in [0.1, 0.15) is 19.3 Å². The maximum Gasteiger partial charge on any atom is 0.265 e.